The van der Waals surface area contributed by atoms with Crippen LogP contribution in [0, 0.1) is 19.8 Å². The van der Waals surface area contributed by atoms with Crippen LogP contribution in [0.4, 0.5) is 5.82 Å². The molecule has 0 bridgehead atoms. The molecule has 0 aliphatic carbocycles. The lowest BCUT2D eigenvalue weighted by molar-refractivity contribution is 0.592. The Labute approximate surface area is 108 Å². The highest BCUT2D eigenvalue weighted by molar-refractivity contribution is 5.95. The van der Waals surface area contributed by atoms with E-state index in [2.05, 4.69) is 54.1 Å². The zero-order chi connectivity index (χ0) is 13.3. The van der Waals surface area contributed by atoms with Crippen LogP contribution < -0.4 is 5.32 Å². The molecule has 4 nitrogen and oxygen atoms in total. The van der Waals surface area contributed by atoms with Crippen molar-refractivity contribution in [3.8, 4) is 0 Å². The number of hydrogen-bond acceptors (Lipinski definition) is 3. The Bertz CT molecular complexity index is 556. The lowest BCUT2D eigenvalue weighted by atomic mass is 10.1. The average Bonchev–Trinajstić information content (AvgIpc) is 2.65. The van der Waals surface area contributed by atoms with E-state index in [9.17, 15) is 0 Å². The molecule has 0 aromatic carbocycles. The molecule has 1 N–H and O–H groups in total. The van der Waals surface area contributed by atoms with Gasteiger partial charge in [-0.2, -0.15) is 5.10 Å². The van der Waals surface area contributed by atoms with E-state index in [0.717, 1.165) is 18.1 Å². The maximum absolute atomic E-state index is 4.29. The van der Waals surface area contributed by atoms with Gasteiger partial charge in [-0.25, -0.2) is 0 Å². The monoisotopic (exact) mass is 246 g/mol. The van der Waals surface area contributed by atoms with Gasteiger partial charge in [0, 0.05) is 36.3 Å². The normalized spacial score (nSPS) is 12.9. The van der Waals surface area contributed by atoms with E-state index in [0.29, 0.717) is 5.92 Å². The predicted molar refractivity (Wildman–Crippen MR) is 75.9 cm³/mol. The highest BCUT2D eigenvalue weighted by Gasteiger charge is 2.12. The molecule has 0 saturated carbocycles. The molecule has 18 heavy (non-hydrogen) atoms. The number of nitrogens with zero attached hydrogens (tertiary/aromatic N) is 3. The van der Waals surface area contributed by atoms with Gasteiger partial charge in [-0.15, -0.1) is 5.10 Å². The van der Waals surface area contributed by atoms with E-state index in [4.69, 9.17) is 0 Å². The van der Waals surface area contributed by atoms with Crippen LogP contribution in [-0.4, -0.2) is 21.3 Å². The molecule has 0 aliphatic heterocycles. The molecule has 2 rings (SSSR count). The van der Waals surface area contributed by atoms with Crippen molar-refractivity contribution in [3.63, 3.8) is 0 Å². The number of aromatic nitrogens is 3. The van der Waals surface area contributed by atoms with Gasteiger partial charge in [-0.3, -0.25) is 0 Å². The second kappa shape index (κ2) is 4.96. The van der Waals surface area contributed by atoms with E-state index >= 15 is 0 Å². The fourth-order valence-corrected chi connectivity index (χ4v) is 2.14. The summed E-state index contributed by atoms with van der Waals surface area (Å²) in [7, 11) is 2.06. The number of rotatable bonds is 4. The molecule has 1 atom stereocenters. The van der Waals surface area contributed by atoms with Crippen LogP contribution in [-0.2, 0) is 7.05 Å². The molecule has 98 valence electrons. The fraction of sp³-hybridized carbons (Fsp3) is 0.571. The SMILES string of the molecule is CCC(C)CNc1nnc(C)c2c(C)n(C)cc12. The summed E-state index contributed by atoms with van der Waals surface area (Å²) >= 11 is 0. The van der Waals surface area contributed by atoms with Gasteiger partial charge in [-0.1, -0.05) is 20.3 Å². The van der Waals surface area contributed by atoms with Crippen molar-refractivity contribution >= 4 is 16.6 Å². The van der Waals surface area contributed by atoms with Crippen molar-refractivity contribution < 1.29 is 0 Å². The minimum atomic E-state index is 0.646. The van der Waals surface area contributed by atoms with Gasteiger partial charge in [0.25, 0.3) is 0 Å². The minimum Gasteiger partial charge on any atom is -0.368 e. The van der Waals surface area contributed by atoms with Crippen LogP contribution in [0.5, 0.6) is 0 Å². The van der Waals surface area contributed by atoms with Crippen LogP contribution >= 0.6 is 0 Å². The minimum absolute atomic E-state index is 0.646. The molecule has 2 heterocycles. The summed E-state index contributed by atoms with van der Waals surface area (Å²) < 4.78 is 2.13. The second-order valence-corrected chi connectivity index (χ2v) is 5.14. The quantitative estimate of drug-likeness (QED) is 0.901. The van der Waals surface area contributed by atoms with Crippen LogP contribution in [0.1, 0.15) is 31.7 Å². The standard InChI is InChI=1S/C14H22N4/c1-6-9(2)7-15-14-12-8-18(5)11(4)13(12)10(3)16-17-14/h8-9H,6-7H2,1-5H3,(H,15,17). The summed E-state index contributed by atoms with van der Waals surface area (Å²) in [5.41, 5.74) is 2.24. The number of anilines is 1. The van der Waals surface area contributed by atoms with Gasteiger partial charge in [0.2, 0.25) is 0 Å². The number of aryl methyl sites for hydroxylation is 3. The summed E-state index contributed by atoms with van der Waals surface area (Å²) in [4.78, 5) is 0. The van der Waals surface area contributed by atoms with Gasteiger partial charge >= 0.3 is 0 Å². The molecule has 0 amide bonds. The molecule has 2 aromatic heterocycles. The Kier molecular flexibility index (Phi) is 3.55. The van der Waals surface area contributed by atoms with Gasteiger partial charge in [0.05, 0.1) is 5.69 Å². The van der Waals surface area contributed by atoms with Gasteiger partial charge in [-0.05, 0) is 19.8 Å². The highest BCUT2D eigenvalue weighted by atomic mass is 15.2. The molecule has 0 fully saturated rings. The summed E-state index contributed by atoms with van der Waals surface area (Å²) in [6.07, 6.45) is 3.30. The van der Waals surface area contributed by atoms with Crippen molar-refractivity contribution in [2.24, 2.45) is 13.0 Å². The van der Waals surface area contributed by atoms with Gasteiger partial charge in [0.1, 0.15) is 0 Å². The molecule has 1 unspecified atom stereocenters. The smallest absolute Gasteiger partial charge is 0.158 e. The lowest BCUT2D eigenvalue weighted by Gasteiger charge is -2.11. The molecular formula is C14H22N4. The summed E-state index contributed by atoms with van der Waals surface area (Å²) in [6.45, 7) is 9.52. The Morgan fingerprint density at radius 1 is 1.33 bits per heavy atom. The Morgan fingerprint density at radius 2 is 2.06 bits per heavy atom. The molecule has 4 heteroatoms. The maximum atomic E-state index is 4.29. The highest BCUT2D eigenvalue weighted by Crippen LogP contribution is 2.27. The number of hydrogen-bond donors (Lipinski definition) is 1. The summed E-state index contributed by atoms with van der Waals surface area (Å²) in [5, 5.41) is 14.4. The van der Waals surface area contributed by atoms with E-state index in [1.165, 1.54) is 22.9 Å². The van der Waals surface area contributed by atoms with E-state index in [1.807, 2.05) is 6.92 Å². The number of fused-ring (bicyclic) bond motifs is 1. The van der Waals surface area contributed by atoms with E-state index in [-0.39, 0.29) is 0 Å². The first kappa shape index (κ1) is 12.9. The van der Waals surface area contributed by atoms with Crippen LogP contribution in [0.3, 0.4) is 0 Å². The van der Waals surface area contributed by atoms with Crippen molar-refractivity contribution in [2.45, 2.75) is 34.1 Å². The molecule has 0 spiro atoms. The molecule has 0 aliphatic rings. The third-order valence-corrected chi connectivity index (χ3v) is 3.71. The van der Waals surface area contributed by atoms with Gasteiger partial charge < -0.3 is 9.88 Å². The van der Waals surface area contributed by atoms with E-state index in [1.54, 1.807) is 0 Å². The molecule has 0 radical (unpaired) electrons. The molecular weight excluding hydrogens is 224 g/mol. The number of nitrogens with one attached hydrogen (secondary N) is 1. The third kappa shape index (κ3) is 2.19. The largest absolute Gasteiger partial charge is 0.368 e. The second-order valence-electron chi connectivity index (χ2n) is 5.14. The molecule has 0 saturated heterocycles. The molecule has 2 aromatic rings. The van der Waals surface area contributed by atoms with Crippen molar-refractivity contribution in [3.05, 3.63) is 17.6 Å². The summed E-state index contributed by atoms with van der Waals surface area (Å²) in [5.74, 6) is 1.55. The zero-order valence-corrected chi connectivity index (χ0v) is 11.9. The van der Waals surface area contributed by atoms with Gasteiger partial charge in [0.15, 0.2) is 5.82 Å². The van der Waals surface area contributed by atoms with Crippen molar-refractivity contribution in [2.75, 3.05) is 11.9 Å². The van der Waals surface area contributed by atoms with Crippen LogP contribution in [0.25, 0.3) is 10.8 Å². The van der Waals surface area contributed by atoms with E-state index < -0.39 is 0 Å². The Balaban J connectivity index is 2.40. The van der Waals surface area contributed by atoms with Crippen LogP contribution in [0.2, 0.25) is 0 Å². The first-order chi connectivity index (χ1) is 8.54. The maximum Gasteiger partial charge on any atom is 0.158 e. The Hall–Kier alpha value is -1.58. The predicted octanol–water partition coefficient (Wildman–Crippen LogP) is 3.04. The first-order valence-corrected chi connectivity index (χ1v) is 6.57. The third-order valence-electron chi connectivity index (χ3n) is 3.71. The Morgan fingerprint density at radius 3 is 2.72 bits per heavy atom. The average molecular weight is 246 g/mol. The lowest BCUT2D eigenvalue weighted by Crippen LogP contribution is -2.12. The van der Waals surface area contributed by atoms with Crippen LogP contribution in [0.15, 0.2) is 6.20 Å². The fourth-order valence-electron chi connectivity index (χ4n) is 2.14. The summed E-state index contributed by atoms with van der Waals surface area (Å²) in [6, 6.07) is 0. The topological polar surface area (TPSA) is 42.7 Å². The zero-order valence-electron chi connectivity index (χ0n) is 11.9. The first-order valence-electron chi connectivity index (χ1n) is 6.57. The van der Waals surface area contributed by atoms with Crippen molar-refractivity contribution in [1.82, 2.24) is 14.8 Å². The van der Waals surface area contributed by atoms with Crippen molar-refractivity contribution in [1.29, 1.82) is 0 Å².